The van der Waals surface area contributed by atoms with Gasteiger partial charge in [-0.15, -0.1) is 0 Å². The molecule has 1 aliphatic carbocycles. The van der Waals surface area contributed by atoms with Crippen molar-refractivity contribution in [2.24, 2.45) is 5.92 Å². The number of pyridine rings is 1. The number of hydrogen-bond donors (Lipinski definition) is 0. The van der Waals surface area contributed by atoms with Crippen LogP contribution in [0, 0.1) is 5.92 Å². The molecule has 2 aromatic rings. The highest BCUT2D eigenvalue weighted by molar-refractivity contribution is 5.92. The molecule has 0 aliphatic heterocycles. The average Bonchev–Trinajstić information content (AvgIpc) is 3.54. The molecule has 0 radical (unpaired) electrons. The molecule has 0 N–H and O–H groups in total. The van der Waals surface area contributed by atoms with E-state index in [9.17, 15) is 4.79 Å². The van der Waals surface area contributed by atoms with Crippen molar-refractivity contribution >= 4 is 12.0 Å². The normalized spacial score (nSPS) is 13.7. The van der Waals surface area contributed by atoms with Gasteiger partial charge in [0.05, 0.1) is 13.7 Å². The Morgan fingerprint density at radius 2 is 1.96 bits per heavy atom. The molecule has 1 aliphatic rings. The molecular weight excluding hydrogens is 352 g/mol. The van der Waals surface area contributed by atoms with Crippen molar-refractivity contribution in [1.82, 2.24) is 9.88 Å². The lowest BCUT2D eigenvalue weighted by Crippen LogP contribution is -2.31. The van der Waals surface area contributed by atoms with E-state index in [0.29, 0.717) is 30.9 Å². The Bertz CT molecular complexity index is 814. The standard InChI is InChI=1S/C23H28N2O3/c1-17(2)16-28-21-8-4-18(14-22(21)27-3)5-9-23(26)25(20-6-7-20)15-19-10-12-24-13-11-19/h4-5,8-14,17,20H,6-7,15-16H2,1-3H3/b9-5+. The van der Waals surface area contributed by atoms with Crippen LogP contribution < -0.4 is 9.47 Å². The van der Waals surface area contributed by atoms with Gasteiger partial charge in [0, 0.05) is 31.1 Å². The molecule has 28 heavy (non-hydrogen) atoms. The van der Waals surface area contributed by atoms with Gasteiger partial charge < -0.3 is 14.4 Å². The van der Waals surface area contributed by atoms with Crippen LogP contribution in [0.2, 0.25) is 0 Å². The van der Waals surface area contributed by atoms with Crippen molar-refractivity contribution in [3.63, 3.8) is 0 Å². The van der Waals surface area contributed by atoms with E-state index in [2.05, 4.69) is 18.8 Å². The van der Waals surface area contributed by atoms with Gasteiger partial charge in [-0.2, -0.15) is 0 Å². The summed E-state index contributed by atoms with van der Waals surface area (Å²) in [6, 6.07) is 9.96. The maximum atomic E-state index is 12.8. The number of aromatic nitrogens is 1. The molecule has 148 valence electrons. The summed E-state index contributed by atoms with van der Waals surface area (Å²) in [5.41, 5.74) is 2.00. The van der Waals surface area contributed by atoms with Gasteiger partial charge >= 0.3 is 0 Å². The van der Waals surface area contributed by atoms with Gasteiger partial charge in [0.2, 0.25) is 5.91 Å². The highest BCUT2D eigenvalue weighted by Gasteiger charge is 2.31. The SMILES string of the molecule is COc1cc(/C=C/C(=O)N(Cc2ccncc2)C2CC2)ccc1OCC(C)C. The molecule has 1 aromatic carbocycles. The first-order chi connectivity index (χ1) is 13.6. The second-order valence-corrected chi connectivity index (χ2v) is 7.50. The summed E-state index contributed by atoms with van der Waals surface area (Å²) in [4.78, 5) is 18.7. The lowest BCUT2D eigenvalue weighted by molar-refractivity contribution is -0.127. The fourth-order valence-corrected chi connectivity index (χ4v) is 2.88. The first-order valence-electron chi connectivity index (χ1n) is 9.75. The van der Waals surface area contributed by atoms with Crippen molar-refractivity contribution < 1.29 is 14.3 Å². The predicted molar refractivity (Wildman–Crippen MR) is 110 cm³/mol. The van der Waals surface area contributed by atoms with Gasteiger partial charge in [0.1, 0.15) is 0 Å². The van der Waals surface area contributed by atoms with E-state index in [0.717, 1.165) is 29.7 Å². The number of amides is 1. The molecule has 1 saturated carbocycles. The zero-order chi connectivity index (χ0) is 19.9. The van der Waals surface area contributed by atoms with Crippen molar-refractivity contribution in [3.8, 4) is 11.5 Å². The third kappa shape index (κ3) is 5.59. The molecule has 0 saturated heterocycles. The smallest absolute Gasteiger partial charge is 0.247 e. The fraction of sp³-hybridized carbons (Fsp3) is 0.391. The largest absolute Gasteiger partial charge is 0.493 e. The third-order valence-electron chi connectivity index (χ3n) is 4.55. The van der Waals surface area contributed by atoms with Crippen molar-refractivity contribution in [2.75, 3.05) is 13.7 Å². The summed E-state index contributed by atoms with van der Waals surface area (Å²) in [6.45, 7) is 5.45. The van der Waals surface area contributed by atoms with E-state index in [4.69, 9.17) is 9.47 Å². The zero-order valence-electron chi connectivity index (χ0n) is 16.8. The number of rotatable bonds is 9. The van der Waals surface area contributed by atoms with Gasteiger partial charge in [-0.25, -0.2) is 0 Å². The Morgan fingerprint density at radius 3 is 2.61 bits per heavy atom. The lowest BCUT2D eigenvalue weighted by Gasteiger charge is -2.21. The molecule has 1 fully saturated rings. The Morgan fingerprint density at radius 1 is 1.21 bits per heavy atom. The van der Waals surface area contributed by atoms with Gasteiger partial charge in [0.15, 0.2) is 11.5 Å². The number of hydrogen-bond acceptors (Lipinski definition) is 4. The number of carbonyl (C=O) groups excluding carboxylic acids is 1. The maximum Gasteiger partial charge on any atom is 0.247 e. The van der Waals surface area contributed by atoms with E-state index in [-0.39, 0.29) is 5.91 Å². The summed E-state index contributed by atoms with van der Waals surface area (Å²) < 4.78 is 11.2. The van der Waals surface area contributed by atoms with E-state index >= 15 is 0 Å². The topological polar surface area (TPSA) is 51.7 Å². The lowest BCUT2D eigenvalue weighted by atomic mass is 10.1. The van der Waals surface area contributed by atoms with E-state index in [1.165, 1.54) is 0 Å². The van der Waals surface area contributed by atoms with Crippen molar-refractivity contribution in [3.05, 3.63) is 59.9 Å². The highest BCUT2D eigenvalue weighted by Crippen LogP contribution is 2.30. The summed E-state index contributed by atoms with van der Waals surface area (Å²) in [6.07, 6.45) is 9.13. The van der Waals surface area contributed by atoms with Crippen LogP contribution in [0.4, 0.5) is 0 Å². The van der Waals surface area contributed by atoms with Gasteiger partial charge in [0.25, 0.3) is 0 Å². The van der Waals surface area contributed by atoms with Gasteiger partial charge in [-0.05, 0) is 60.2 Å². The number of methoxy groups -OCH3 is 1. The van der Waals surface area contributed by atoms with E-state index < -0.39 is 0 Å². The van der Waals surface area contributed by atoms with Gasteiger partial charge in [-0.3, -0.25) is 9.78 Å². The molecule has 5 nitrogen and oxygen atoms in total. The van der Waals surface area contributed by atoms with Crippen molar-refractivity contribution in [2.45, 2.75) is 39.3 Å². The third-order valence-corrected chi connectivity index (χ3v) is 4.55. The van der Waals surface area contributed by atoms with Crippen LogP contribution in [-0.4, -0.2) is 35.5 Å². The monoisotopic (exact) mass is 380 g/mol. The zero-order valence-corrected chi connectivity index (χ0v) is 16.8. The van der Waals surface area contributed by atoms with Crippen LogP contribution >= 0.6 is 0 Å². The second kappa shape index (κ2) is 9.40. The van der Waals surface area contributed by atoms with Crippen LogP contribution in [0.1, 0.15) is 37.8 Å². The van der Waals surface area contributed by atoms with Crippen LogP contribution in [0.5, 0.6) is 11.5 Å². The summed E-state index contributed by atoms with van der Waals surface area (Å²) >= 11 is 0. The first-order valence-corrected chi connectivity index (χ1v) is 9.75. The molecule has 0 unspecified atom stereocenters. The number of ether oxygens (including phenoxy) is 2. The van der Waals surface area contributed by atoms with E-state index in [1.807, 2.05) is 41.3 Å². The second-order valence-electron chi connectivity index (χ2n) is 7.50. The Hall–Kier alpha value is -2.82. The molecule has 1 aromatic heterocycles. The summed E-state index contributed by atoms with van der Waals surface area (Å²) in [5, 5.41) is 0. The molecule has 1 heterocycles. The fourth-order valence-electron chi connectivity index (χ4n) is 2.88. The Kier molecular flexibility index (Phi) is 6.69. The van der Waals surface area contributed by atoms with Crippen LogP contribution in [-0.2, 0) is 11.3 Å². The van der Waals surface area contributed by atoms with Crippen LogP contribution in [0.3, 0.4) is 0 Å². The predicted octanol–water partition coefficient (Wildman–Crippen LogP) is 4.33. The highest BCUT2D eigenvalue weighted by atomic mass is 16.5. The van der Waals surface area contributed by atoms with Crippen LogP contribution in [0.15, 0.2) is 48.8 Å². The maximum absolute atomic E-state index is 12.8. The number of nitrogens with zero attached hydrogens (tertiary/aromatic N) is 2. The van der Waals surface area contributed by atoms with Crippen molar-refractivity contribution in [1.29, 1.82) is 0 Å². The number of benzene rings is 1. The molecular formula is C23H28N2O3. The minimum absolute atomic E-state index is 0.0263. The quantitative estimate of drug-likeness (QED) is 0.608. The molecule has 5 heteroatoms. The Balaban J connectivity index is 1.68. The Labute approximate surface area is 167 Å². The molecule has 0 bridgehead atoms. The van der Waals surface area contributed by atoms with E-state index in [1.54, 1.807) is 25.6 Å². The summed E-state index contributed by atoms with van der Waals surface area (Å²) in [5.74, 6) is 1.86. The molecule has 0 spiro atoms. The minimum atomic E-state index is 0.0263. The number of carbonyl (C=O) groups is 1. The molecule has 3 rings (SSSR count). The molecule has 0 atom stereocenters. The summed E-state index contributed by atoms with van der Waals surface area (Å²) in [7, 11) is 1.62. The average molecular weight is 380 g/mol. The molecule has 1 amide bonds. The minimum Gasteiger partial charge on any atom is -0.493 e. The van der Waals surface area contributed by atoms with Gasteiger partial charge in [-0.1, -0.05) is 19.9 Å². The first kappa shape index (κ1) is 19.9. The van der Waals surface area contributed by atoms with Crippen LogP contribution in [0.25, 0.3) is 6.08 Å².